The second-order valence-electron chi connectivity index (χ2n) is 3.75. The fourth-order valence-electron chi connectivity index (χ4n) is 1.17. The van der Waals surface area contributed by atoms with Crippen molar-refractivity contribution in [3.8, 4) is 0 Å². The third-order valence-electron chi connectivity index (χ3n) is 2.86. The fraction of sp³-hybridized carbons (Fsp3) is 0.875. The number of ether oxygens (including phenoxy) is 1. The van der Waals surface area contributed by atoms with Crippen LogP contribution in [0, 0.1) is 5.41 Å². The van der Waals surface area contributed by atoms with E-state index in [1.807, 2.05) is 6.92 Å². The van der Waals surface area contributed by atoms with Gasteiger partial charge in [-0.3, -0.25) is 4.79 Å². The van der Waals surface area contributed by atoms with Crippen molar-refractivity contribution >= 4 is 5.97 Å². The quantitative estimate of drug-likeness (QED) is 0.599. The predicted octanol–water partition coefficient (Wildman–Crippen LogP) is 0.677. The van der Waals surface area contributed by atoms with Gasteiger partial charge in [-0.15, -0.1) is 0 Å². The Morgan fingerprint density at radius 2 is 2.09 bits per heavy atom. The third-order valence-corrected chi connectivity index (χ3v) is 2.86. The molecule has 3 nitrogen and oxygen atoms in total. The monoisotopic (exact) mass is 157 g/mol. The molecule has 2 N–H and O–H groups in total. The summed E-state index contributed by atoms with van der Waals surface area (Å²) in [4.78, 5) is 11.2. The normalized spacial score (nSPS) is 25.5. The molecule has 0 heterocycles. The van der Waals surface area contributed by atoms with E-state index >= 15 is 0 Å². The lowest BCUT2D eigenvalue weighted by molar-refractivity contribution is -0.148. The zero-order valence-corrected chi connectivity index (χ0v) is 7.31. The number of nitrogens with two attached hydrogens (primary N) is 1. The molecule has 0 spiro atoms. The maximum atomic E-state index is 11.2. The molecule has 1 saturated carbocycles. The minimum atomic E-state index is -0.804. The molecule has 1 unspecified atom stereocenters. The number of carbonyl (C=O) groups is 1. The molecule has 0 aromatic heterocycles. The van der Waals surface area contributed by atoms with Crippen LogP contribution in [0.4, 0.5) is 0 Å². The number of esters is 1. The summed E-state index contributed by atoms with van der Waals surface area (Å²) in [6, 6.07) is 0. The molecule has 0 bridgehead atoms. The molecule has 1 aliphatic carbocycles. The molecule has 3 heteroatoms. The summed E-state index contributed by atoms with van der Waals surface area (Å²) in [6.07, 6.45) is 2.05. The summed E-state index contributed by atoms with van der Waals surface area (Å²) >= 11 is 0. The van der Waals surface area contributed by atoms with Crippen molar-refractivity contribution in [2.75, 3.05) is 7.11 Å². The van der Waals surface area contributed by atoms with Gasteiger partial charge in [0.25, 0.3) is 0 Å². The topological polar surface area (TPSA) is 52.3 Å². The summed E-state index contributed by atoms with van der Waals surface area (Å²) in [7, 11) is 1.37. The SMILES string of the molecule is COC(=O)C(C)(N)C1(C)CC1. The maximum Gasteiger partial charge on any atom is 0.326 e. The first-order valence-corrected chi connectivity index (χ1v) is 3.81. The predicted molar refractivity (Wildman–Crippen MR) is 41.9 cm³/mol. The van der Waals surface area contributed by atoms with E-state index in [1.54, 1.807) is 6.92 Å². The van der Waals surface area contributed by atoms with E-state index in [2.05, 4.69) is 4.74 Å². The summed E-state index contributed by atoms with van der Waals surface area (Å²) in [5.74, 6) is -0.308. The van der Waals surface area contributed by atoms with Gasteiger partial charge in [0.15, 0.2) is 0 Å². The Morgan fingerprint density at radius 1 is 1.64 bits per heavy atom. The minimum Gasteiger partial charge on any atom is -0.468 e. The van der Waals surface area contributed by atoms with E-state index in [0.29, 0.717) is 0 Å². The van der Waals surface area contributed by atoms with Crippen LogP contribution in [0.5, 0.6) is 0 Å². The van der Waals surface area contributed by atoms with Crippen LogP contribution in [0.1, 0.15) is 26.7 Å². The zero-order chi connectivity index (χ0) is 8.70. The molecule has 0 aromatic rings. The Labute approximate surface area is 66.9 Å². The largest absolute Gasteiger partial charge is 0.468 e. The molecule has 0 aromatic carbocycles. The molecular weight excluding hydrogens is 142 g/mol. The van der Waals surface area contributed by atoms with E-state index in [9.17, 15) is 4.79 Å². The van der Waals surface area contributed by atoms with Crippen LogP contribution in [-0.2, 0) is 9.53 Å². The first-order valence-electron chi connectivity index (χ1n) is 3.81. The average Bonchev–Trinajstić information content (AvgIpc) is 2.67. The van der Waals surface area contributed by atoms with Crippen LogP contribution in [0.2, 0.25) is 0 Å². The first kappa shape index (κ1) is 8.53. The zero-order valence-electron chi connectivity index (χ0n) is 7.31. The van der Waals surface area contributed by atoms with Gasteiger partial charge in [0.1, 0.15) is 5.54 Å². The third kappa shape index (κ3) is 1.13. The van der Waals surface area contributed by atoms with Crippen molar-refractivity contribution in [1.82, 2.24) is 0 Å². The molecule has 0 amide bonds. The Bertz CT molecular complexity index is 183. The number of hydrogen-bond acceptors (Lipinski definition) is 3. The number of methoxy groups -OCH3 is 1. The lowest BCUT2D eigenvalue weighted by Gasteiger charge is -2.28. The molecule has 1 rings (SSSR count). The van der Waals surface area contributed by atoms with Crippen LogP contribution in [0.3, 0.4) is 0 Å². The van der Waals surface area contributed by atoms with E-state index < -0.39 is 5.54 Å². The summed E-state index contributed by atoms with van der Waals surface area (Å²) in [6.45, 7) is 3.76. The van der Waals surface area contributed by atoms with Crippen molar-refractivity contribution in [2.45, 2.75) is 32.2 Å². The van der Waals surface area contributed by atoms with E-state index in [0.717, 1.165) is 12.8 Å². The van der Waals surface area contributed by atoms with Crippen molar-refractivity contribution < 1.29 is 9.53 Å². The molecular formula is C8H15NO2. The van der Waals surface area contributed by atoms with E-state index in [-0.39, 0.29) is 11.4 Å². The van der Waals surface area contributed by atoms with Gasteiger partial charge in [0, 0.05) is 0 Å². The van der Waals surface area contributed by atoms with Crippen LogP contribution >= 0.6 is 0 Å². The average molecular weight is 157 g/mol. The van der Waals surface area contributed by atoms with Crippen molar-refractivity contribution in [3.05, 3.63) is 0 Å². The second-order valence-corrected chi connectivity index (χ2v) is 3.75. The molecule has 1 fully saturated rings. The van der Waals surface area contributed by atoms with Crippen LogP contribution in [0.15, 0.2) is 0 Å². The van der Waals surface area contributed by atoms with Gasteiger partial charge in [-0.05, 0) is 25.2 Å². The van der Waals surface area contributed by atoms with Crippen molar-refractivity contribution in [2.24, 2.45) is 11.1 Å². The van der Waals surface area contributed by atoms with Crippen LogP contribution in [0.25, 0.3) is 0 Å². The highest BCUT2D eigenvalue weighted by molar-refractivity contribution is 5.81. The fourth-order valence-corrected chi connectivity index (χ4v) is 1.17. The first-order chi connectivity index (χ1) is 4.94. The molecule has 0 radical (unpaired) electrons. The van der Waals surface area contributed by atoms with Gasteiger partial charge in [-0.25, -0.2) is 0 Å². The Kier molecular flexibility index (Phi) is 1.71. The van der Waals surface area contributed by atoms with Gasteiger partial charge >= 0.3 is 5.97 Å². The van der Waals surface area contributed by atoms with Gasteiger partial charge in [0.2, 0.25) is 0 Å². The highest BCUT2D eigenvalue weighted by atomic mass is 16.5. The number of carbonyl (C=O) groups excluding carboxylic acids is 1. The van der Waals surface area contributed by atoms with Crippen molar-refractivity contribution in [1.29, 1.82) is 0 Å². The molecule has 11 heavy (non-hydrogen) atoms. The molecule has 0 aliphatic heterocycles. The summed E-state index contributed by atoms with van der Waals surface area (Å²) in [5, 5.41) is 0. The Balaban J connectivity index is 2.73. The highest BCUT2D eigenvalue weighted by Crippen LogP contribution is 2.52. The van der Waals surface area contributed by atoms with Gasteiger partial charge in [-0.1, -0.05) is 6.92 Å². The van der Waals surface area contributed by atoms with Crippen LogP contribution in [-0.4, -0.2) is 18.6 Å². The molecule has 1 aliphatic rings. The molecule has 1 atom stereocenters. The maximum absolute atomic E-state index is 11.2. The van der Waals surface area contributed by atoms with Gasteiger partial charge < -0.3 is 10.5 Å². The Morgan fingerprint density at radius 3 is 2.36 bits per heavy atom. The number of rotatable bonds is 2. The second kappa shape index (κ2) is 2.21. The lowest BCUT2D eigenvalue weighted by atomic mass is 9.85. The highest BCUT2D eigenvalue weighted by Gasteiger charge is 2.55. The standard InChI is InChI=1S/C8H15NO2/c1-7(4-5-7)8(2,9)6(10)11-3/h4-5,9H2,1-3H3. The summed E-state index contributed by atoms with van der Waals surface area (Å²) in [5.41, 5.74) is 5.00. The number of hydrogen-bond donors (Lipinski definition) is 1. The summed E-state index contributed by atoms with van der Waals surface area (Å²) < 4.78 is 4.62. The lowest BCUT2D eigenvalue weighted by Crippen LogP contribution is -2.52. The van der Waals surface area contributed by atoms with Gasteiger partial charge in [-0.2, -0.15) is 0 Å². The molecule has 64 valence electrons. The van der Waals surface area contributed by atoms with Crippen molar-refractivity contribution in [3.63, 3.8) is 0 Å². The Hall–Kier alpha value is -0.570. The smallest absolute Gasteiger partial charge is 0.326 e. The van der Waals surface area contributed by atoms with E-state index in [4.69, 9.17) is 5.73 Å². The minimum absolute atomic E-state index is 0.0277. The van der Waals surface area contributed by atoms with E-state index in [1.165, 1.54) is 7.11 Å². The van der Waals surface area contributed by atoms with Crippen LogP contribution < -0.4 is 5.73 Å². The molecule has 0 saturated heterocycles. The van der Waals surface area contributed by atoms with Gasteiger partial charge in [0.05, 0.1) is 7.11 Å².